The number of hydrogen-bond donors (Lipinski definition) is 1. The van der Waals surface area contributed by atoms with E-state index in [0.717, 1.165) is 13.2 Å². The van der Waals surface area contributed by atoms with Crippen molar-refractivity contribution in [2.45, 2.75) is 63.1 Å². The van der Waals surface area contributed by atoms with Crippen molar-refractivity contribution in [3.63, 3.8) is 0 Å². The van der Waals surface area contributed by atoms with Gasteiger partial charge in [-0.25, -0.2) is 0 Å². The molecule has 0 spiro atoms. The van der Waals surface area contributed by atoms with Crippen LogP contribution >= 0.6 is 0 Å². The summed E-state index contributed by atoms with van der Waals surface area (Å²) in [7, 11) is 0. The van der Waals surface area contributed by atoms with Gasteiger partial charge in [-0.2, -0.15) is 0 Å². The minimum absolute atomic E-state index is 0.275. The lowest BCUT2D eigenvalue weighted by atomic mass is 9.82. The molecule has 98 valence electrons. The molecule has 3 aliphatic rings. The molecule has 2 N–H and O–H groups in total. The molecule has 3 atom stereocenters. The summed E-state index contributed by atoms with van der Waals surface area (Å²) in [6.07, 6.45) is 9.77. The van der Waals surface area contributed by atoms with Gasteiger partial charge in [0.25, 0.3) is 0 Å². The highest BCUT2D eigenvalue weighted by molar-refractivity contribution is 4.91. The van der Waals surface area contributed by atoms with E-state index in [1.165, 1.54) is 51.5 Å². The summed E-state index contributed by atoms with van der Waals surface area (Å²) in [4.78, 5) is 2.61. The molecule has 0 radical (unpaired) electrons. The summed E-state index contributed by atoms with van der Waals surface area (Å²) in [6.45, 7) is 3.27. The summed E-state index contributed by atoms with van der Waals surface area (Å²) in [6, 6.07) is 0.974. The van der Waals surface area contributed by atoms with E-state index in [9.17, 15) is 0 Å². The third-order valence-corrected chi connectivity index (χ3v) is 5.04. The quantitative estimate of drug-likeness (QED) is 0.796. The number of nitrogens with zero attached hydrogens (tertiary/aromatic N) is 1. The van der Waals surface area contributed by atoms with Gasteiger partial charge in [0.1, 0.15) is 0 Å². The van der Waals surface area contributed by atoms with Gasteiger partial charge in [0, 0.05) is 18.6 Å². The zero-order valence-electron chi connectivity index (χ0n) is 10.8. The Morgan fingerprint density at radius 2 is 1.88 bits per heavy atom. The molecule has 1 saturated carbocycles. The fourth-order valence-corrected chi connectivity index (χ4v) is 3.90. The number of hydrogen-bond acceptors (Lipinski definition) is 3. The molecular formula is C14H26N2O. The van der Waals surface area contributed by atoms with Crippen LogP contribution in [0, 0.1) is 5.92 Å². The van der Waals surface area contributed by atoms with Gasteiger partial charge in [0.05, 0.1) is 12.7 Å². The van der Waals surface area contributed by atoms with E-state index in [1.54, 1.807) is 0 Å². The average Bonchev–Trinajstić information content (AvgIpc) is 2.86. The molecule has 0 aromatic rings. The van der Waals surface area contributed by atoms with Crippen LogP contribution in [0.1, 0.15) is 44.9 Å². The van der Waals surface area contributed by atoms with Gasteiger partial charge in [-0.05, 0) is 38.1 Å². The number of morpholine rings is 1. The highest BCUT2D eigenvalue weighted by atomic mass is 16.5. The lowest BCUT2D eigenvalue weighted by molar-refractivity contribution is -0.0691. The minimum Gasteiger partial charge on any atom is -0.374 e. The van der Waals surface area contributed by atoms with Crippen molar-refractivity contribution in [3.05, 3.63) is 0 Å². The largest absolute Gasteiger partial charge is 0.374 e. The van der Waals surface area contributed by atoms with Crippen LogP contribution in [0.4, 0.5) is 0 Å². The maximum absolute atomic E-state index is 6.45. The fourth-order valence-electron chi connectivity index (χ4n) is 3.90. The van der Waals surface area contributed by atoms with Gasteiger partial charge in [0.2, 0.25) is 0 Å². The number of ether oxygens (including phenoxy) is 1. The van der Waals surface area contributed by atoms with Crippen LogP contribution in [-0.4, -0.2) is 42.8 Å². The summed E-state index contributed by atoms with van der Waals surface area (Å²) >= 11 is 0. The number of nitrogens with two attached hydrogens (primary N) is 1. The average molecular weight is 238 g/mol. The third kappa shape index (κ3) is 2.51. The Hall–Kier alpha value is -0.120. The Labute approximate surface area is 105 Å². The van der Waals surface area contributed by atoms with Crippen molar-refractivity contribution >= 4 is 0 Å². The molecule has 0 amide bonds. The predicted octanol–water partition coefficient (Wildman–Crippen LogP) is 1.76. The van der Waals surface area contributed by atoms with Crippen LogP contribution in [0.2, 0.25) is 0 Å². The van der Waals surface area contributed by atoms with E-state index in [4.69, 9.17) is 10.5 Å². The van der Waals surface area contributed by atoms with E-state index in [0.29, 0.717) is 18.1 Å². The molecule has 17 heavy (non-hydrogen) atoms. The van der Waals surface area contributed by atoms with E-state index < -0.39 is 0 Å². The van der Waals surface area contributed by atoms with Gasteiger partial charge in [-0.15, -0.1) is 0 Å². The zero-order chi connectivity index (χ0) is 11.7. The van der Waals surface area contributed by atoms with Crippen molar-refractivity contribution in [2.24, 2.45) is 11.7 Å². The van der Waals surface area contributed by atoms with Crippen molar-refractivity contribution < 1.29 is 4.74 Å². The van der Waals surface area contributed by atoms with Crippen molar-refractivity contribution in [2.75, 3.05) is 19.7 Å². The Morgan fingerprint density at radius 3 is 2.71 bits per heavy atom. The van der Waals surface area contributed by atoms with E-state index in [2.05, 4.69) is 4.90 Å². The second kappa shape index (κ2) is 5.25. The van der Waals surface area contributed by atoms with Gasteiger partial charge < -0.3 is 10.5 Å². The highest BCUT2D eigenvalue weighted by Crippen LogP contribution is 2.30. The van der Waals surface area contributed by atoms with Crippen molar-refractivity contribution in [1.82, 2.24) is 4.90 Å². The molecule has 3 heteroatoms. The van der Waals surface area contributed by atoms with Gasteiger partial charge in [-0.3, -0.25) is 4.90 Å². The third-order valence-electron chi connectivity index (χ3n) is 5.04. The van der Waals surface area contributed by atoms with Crippen LogP contribution in [0.15, 0.2) is 0 Å². The molecule has 3 fully saturated rings. The fraction of sp³-hybridized carbons (Fsp3) is 1.00. The Bertz CT molecular complexity index is 253. The van der Waals surface area contributed by atoms with E-state index in [1.807, 2.05) is 0 Å². The molecule has 1 aliphatic carbocycles. The number of fused-ring (bicyclic) bond motifs is 1. The number of rotatable bonds is 2. The van der Waals surface area contributed by atoms with Crippen LogP contribution < -0.4 is 5.73 Å². The lowest BCUT2D eigenvalue weighted by Gasteiger charge is -2.40. The molecule has 2 saturated heterocycles. The first kappa shape index (κ1) is 11.9. The minimum atomic E-state index is 0.275. The molecular weight excluding hydrogens is 212 g/mol. The van der Waals surface area contributed by atoms with Crippen LogP contribution in [0.25, 0.3) is 0 Å². The summed E-state index contributed by atoms with van der Waals surface area (Å²) in [5.41, 5.74) is 6.45. The molecule has 0 aromatic carbocycles. The molecule has 3 unspecified atom stereocenters. The van der Waals surface area contributed by atoms with Crippen LogP contribution in [0.3, 0.4) is 0 Å². The van der Waals surface area contributed by atoms with Crippen molar-refractivity contribution in [1.29, 1.82) is 0 Å². The van der Waals surface area contributed by atoms with Crippen LogP contribution in [-0.2, 0) is 4.74 Å². The molecule has 2 heterocycles. The smallest absolute Gasteiger partial charge is 0.0856 e. The van der Waals surface area contributed by atoms with Gasteiger partial charge >= 0.3 is 0 Å². The summed E-state index contributed by atoms with van der Waals surface area (Å²) in [5, 5.41) is 0. The first-order valence-corrected chi connectivity index (χ1v) is 7.46. The normalized spacial score (nSPS) is 37.9. The Kier molecular flexibility index (Phi) is 3.69. The van der Waals surface area contributed by atoms with Gasteiger partial charge in [-0.1, -0.05) is 19.3 Å². The standard InChI is InChI=1S/C14H26N2O/c15-14(11-5-2-1-3-6-11)13-9-16-8-4-7-12(16)10-17-13/h11-14H,1-10,15H2. The SMILES string of the molecule is NC(C1CCCCC1)C1CN2CCCC2CO1. The monoisotopic (exact) mass is 238 g/mol. The topological polar surface area (TPSA) is 38.5 Å². The molecule has 3 rings (SSSR count). The second-order valence-electron chi connectivity index (χ2n) is 6.14. The maximum atomic E-state index is 6.45. The van der Waals surface area contributed by atoms with E-state index in [-0.39, 0.29) is 6.04 Å². The predicted molar refractivity (Wildman–Crippen MR) is 68.9 cm³/mol. The Morgan fingerprint density at radius 1 is 1.06 bits per heavy atom. The summed E-state index contributed by atoms with van der Waals surface area (Å²) in [5.74, 6) is 0.716. The molecule has 0 bridgehead atoms. The first-order chi connectivity index (χ1) is 8.34. The molecule has 2 aliphatic heterocycles. The molecule has 3 nitrogen and oxygen atoms in total. The zero-order valence-corrected chi connectivity index (χ0v) is 10.8. The second-order valence-corrected chi connectivity index (χ2v) is 6.14. The lowest BCUT2D eigenvalue weighted by Crippen LogP contribution is -2.55. The molecule has 0 aromatic heterocycles. The van der Waals surface area contributed by atoms with Crippen LogP contribution in [0.5, 0.6) is 0 Å². The highest BCUT2D eigenvalue weighted by Gasteiger charge is 2.37. The Balaban J connectivity index is 1.56. The first-order valence-electron chi connectivity index (χ1n) is 7.46. The van der Waals surface area contributed by atoms with E-state index >= 15 is 0 Å². The maximum Gasteiger partial charge on any atom is 0.0856 e. The van der Waals surface area contributed by atoms with Gasteiger partial charge in [0.15, 0.2) is 0 Å². The summed E-state index contributed by atoms with van der Waals surface area (Å²) < 4.78 is 6.04. The van der Waals surface area contributed by atoms with Crippen molar-refractivity contribution in [3.8, 4) is 0 Å².